The number of thiophene rings is 1. The molecule has 4 rings (SSSR count). The minimum atomic E-state index is -3.34. The maximum Gasteiger partial charge on any atom is 0.261 e. The topological polar surface area (TPSA) is 72.5 Å². The van der Waals surface area contributed by atoms with E-state index in [1.807, 2.05) is 6.07 Å². The molecule has 0 saturated carbocycles. The van der Waals surface area contributed by atoms with Crippen molar-refractivity contribution < 1.29 is 17.9 Å². The average molecular weight is 363 g/mol. The van der Waals surface area contributed by atoms with Crippen molar-refractivity contribution in [1.82, 2.24) is 5.32 Å². The molecule has 2 aliphatic rings. The lowest BCUT2D eigenvalue weighted by Gasteiger charge is -2.15. The summed E-state index contributed by atoms with van der Waals surface area (Å²) >= 11 is 1.35. The summed E-state index contributed by atoms with van der Waals surface area (Å²) in [6, 6.07) is 8.68. The van der Waals surface area contributed by atoms with Gasteiger partial charge in [0.25, 0.3) is 5.91 Å². The highest BCUT2D eigenvalue weighted by atomic mass is 32.2. The molecule has 1 N–H and O–H groups in total. The van der Waals surface area contributed by atoms with Crippen molar-refractivity contribution in [3.8, 4) is 10.4 Å². The van der Waals surface area contributed by atoms with E-state index in [1.165, 1.54) is 11.3 Å². The molecule has 2 aromatic rings. The lowest BCUT2D eigenvalue weighted by atomic mass is 10.1. The monoisotopic (exact) mass is 363 g/mol. The fraction of sp³-hybridized carbons (Fsp3) is 0.353. The molecule has 1 aromatic heterocycles. The van der Waals surface area contributed by atoms with Gasteiger partial charge in [-0.25, -0.2) is 8.42 Å². The first-order valence-electron chi connectivity index (χ1n) is 7.89. The number of sulfone groups is 1. The van der Waals surface area contributed by atoms with Crippen molar-refractivity contribution >= 4 is 27.1 Å². The number of amides is 1. The molecule has 2 aliphatic heterocycles. The lowest BCUT2D eigenvalue weighted by Crippen LogP contribution is -2.31. The number of nitrogens with one attached hydrogen (secondary N) is 1. The zero-order valence-electron chi connectivity index (χ0n) is 12.9. The maximum atomic E-state index is 12.4. The van der Waals surface area contributed by atoms with Gasteiger partial charge in [0.15, 0.2) is 9.84 Å². The smallest absolute Gasteiger partial charge is 0.261 e. The quantitative estimate of drug-likeness (QED) is 0.910. The molecule has 0 spiro atoms. The van der Waals surface area contributed by atoms with Crippen LogP contribution in [0.25, 0.3) is 10.4 Å². The van der Waals surface area contributed by atoms with Gasteiger partial charge in [-0.2, -0.15) is 0 Å². The van der Waals surface area contributed by atoms with Gasteiger partial charge < -0.3 is 10.1 Å². The molecule has 5 nitrogen and oxygen atoms in total. The second kappa shape index (κ2) is 5.98. The normalized spacial score (nSPS) is 21.1. The zero-order chi connectivity index (χ0) is 16.7. The summed E-state index contributed by atoms with van der Waals surface area (Å²) in [6.07, 6.45) is 2.08. The van der Waals surface area contributed by atoms with Gasteiger partial charge in [0, 0.05) is 23.6 Å². The van der Waals surface area contributed by atoms with E-state index in [4.69, 9.17) is 4.74 Å². The minimum Gasteiger partial charge on any atom is -0.376 e. The van der Waals surface area contributed by atoms with Crippen LogP contribution in [0.15, 0.2) is 35.2 Å². The van der Waals surface area contributed by atoms with E-state index in [9.17, 15) is 13.2 Å². The third kappa shape index (κ3) is 2.76. The van der Waals surface area contributed by atoms with Gasteiger partial charge in [-0.15, -0.1) is 11.3 Å². The Morgan fingerprint density at radius 3 is 2.96 bits per heavy atom. The second-order valence-corrected chi connectivity index (χ2v) is 9.08. The largest absolute Gasteiger partial charge is 0.376 e. The molecular formula is C17H17NO4S2. The summed E-state index contributed by atoms with van der Waals surface area (Å²) in [7, 11) is -3.34. The van der Waals surface area contributed by atoms with Crippen LogP contribution in [-0.4, -0.2) is 33.6 Å². The summed E-state index contributed by atoms with van der Waals surface area (Å²) in [5, 5.41) is 2.89. The number of carbonyl (C=O) groups excluding carboxylic acids is 1. The summed E-state index contributed by atoms with van der Waals surface area (Å²) in [5.41, 5.74) is 1.41. The molecule has 0 bridgehead atoms. The van der Waals surface area contributed by atoms with Crippen LogP contribution in [0.4, 0.5) is 0 Å². The molecule has 3 heterocycles. The Hall–Kier alpha value is -1.70. The van der Waals surface area contributed by atoms with Crippen LogP contribution in [0.2, 0.25) is 0 Å². The van der Waals surface area contributed by atoms with E-state index in [-0.39, 0.29) is 17.8 Å². The van der Waals surface area contributed by atoms with E-state index in [0.717, 1.165) is 24.3 Å². The molecule has 1 amide bonds. The van der Waals surface area contributed by atoms with E-state index in [1.54, 1.807) is 24.3 Å². The highest BCUT2D eigenvalue weighted by Crippen LogP contribution is 2.42. The fourth-order valence-electron chi connectivity index (χ4n) is 3.18. The molecule has 1 fully saturated rings. The van der Waals surface area contributed by atoms with Crippen molar-refractivity contribution in [2.45, 2.75) is 29.6 Å². The minimum absolute atomic E-state index is 0.0468. The standard InChI is InChI=1S/C17H17NO4S2/c19-17(18-9-12-4-3-7-22-12)14-8-11-10-24(20,21)15-6-2-1-5-13(15)16(11)23-14/h1-2,5-6,8,12H,3-4,7,9-10H2,(H,18,19)/t12-/m0/s1. The Labute approximate surface area is 144 Å². The van der Waals surface area contributed by atoms with Gasteiger partial charge in [0.1, 0.15) is 0 Å². The van der Waals surface area contributed by atoms with Crippen LogP contribution < -0.4 is 5.32 Å². The van der Waals surface area contributed by atoms with Crippen molar-refractivity contribution in [1.29, 1.82) is 0 Å². The van der Waals surface area contributed by atoms with Crippen molar-refractivity contribution in [3.05, 3.63) is 40.8 Å². The first-order valence-corrected chi connectivity index (χ1v) is 10.4. The summed E-state index contributed by atoms with van der Waals surface area (Å²) < 4.78 is 30.3. The highest BCUT2D eigenvalue weighted by molar-refractivity contribution is 7.91. The van der Waals surface area contributed by atoms with Crippen LogP contribution in [0.5, 0.6) is 0 Å². The van der Waals surface area contributed by atoms with E-state index < -0.39 is 9.84 Å². The van der Waals surface area contributed by atoms with Crippen LogP contribution in [0, 0.1) is 0 Å². The molecular weight excluding hydrogens is 346 g/mol. The van der Waals surface area contributed by atoms with Crippen LogP contribution >= 0.6 is 11.3 Å². The Balaban J connectivity index is 1.61. The first kappa shape index (κ1) is 15.8. The number of hydrogen-bond acceptors (Lipinski definition) is 5. The van der Waals surface area contributed by atoms with Gasteiger partial charge in [-0.1, -0.05) is 18.2 Å². The summed E-state index contributed by atoms with van der Waals surface area (Å²) in [4.78, 5) is 14.2. The third-order valence-corrected chi connectivity index (χ3v) is 7.29. The molecule has 1 atom stereocenters. The molecule has 0 radical (unpaired) electrons. The van der Waals surface area contributed by atoms with E-state index in [2.05, 4.69) is 5.32 Å². The van der Waals surface area contributed by atoms with Gasteiger partial charge in [0.05, 0.1) is 21.6 Å². The Morgan fingerprint density at radius 2 is 2.17 bits per heavy atom. The third-order valence-electron chi connectivity index (χ3n) is 4.36. The van der Waals surface area contributed by atoms with Gasteiger partial charge in [-0.3, -0.25) is 4.79 Å². The van der Waals surface area contributed by atoms with E-state index in [0.29, 0.717) is 27.4 Å². The Kier molecular flexibility index (Phi) is 3.94. The summed E-state index contributed by atoms with van der Waals surface area (Å²) in [6.45, 7) is 1.25. The lowest BCUT2D eigenvalue weighted by molar-refractivity contribution is 0.0861. The second-order valence-electron chi connectivity index (χ2n) is 6.07. The zero-order valence-corrected chi connectivity index (χ0v) is 14.6. The molecule has 1 aromatic carbocycles. The SMILES string of the molecule is O=C(NC[C@@H]1CCCO1)c1cc2c(s1)-c1ccccc1S(=O)(=O)C2. The molecule has 126 valence electrons. The number of benzene rings is 1. The predicted molar refractivity (Wildman–Crippen MR) is 92.0 cm³/mol. The van der Waals surface area contributed by atoms with Crippen LogP contribution in [0.3, 0.4) is 0 Å². The summed E-state index contributed by atoms with van der Waals surface area (Å²) in [5.74, 6) is -0.214. The number of carbonyl (C=O) groups is 1. The van der Waals surface area contributed by atoms with Gasteiger partial charge >= 0.3 is 0 Å². The number of rotatable bonds is 3. The molecule has 1 saturated heterocycles. The van der Waals surface area contributed by atoms with E-state index >= 15 is 0 Å². The molecule has 0 aliphatic carbocycles. The Morgan fingerprint density at radius 1 is 1.33 bits per heavy atom. The van der Waals surface area contributed by atoms with Crippen molar-refractivity contribution in [2.24, 2.45) is 0 Å². The maximum absolute atomic E-state index is 12.4. The van der Waals surface area contributed by atoms with Crippen molar-refractivity contribution in [3.63, 3.8) is 0 Å². The highest BCUT2D eigenvalue weighted by Gasteiger charge is 2.30. The molecule has 24 heavy (non-hydrogen) atoms. The first-order chi connectivity index (χ1) is 11.5. The fourth-order valence-corrected chi connectivity index (χ4v) is 6.06. The average Bonchev–Trinajstić information content (AvgIpc) is 3.21. The molecule has 7 heteroatoms. The van der Waals surface area contributed by atoms with Crippen LogP contribution in [0.1, 0.15) is 28.1 Å². The molecule has 0 unspecified atom stereocenters. The predicted octanol–water partition coefficient (Wildman–Crippen LogP) is 2.61. The number of fused-ring (bicyclic) bond motifs is 3. The van der Waals surface area contributed by atoms with Crippen molar-refractivity contribution in [2.75, 3.05) is 13.2 Å². The van der Waals surface area contributed by atoms with Gasteiger partial charge in [0.2, 0.25) is 0 Å². The number of ether oxygens (including phenoxy) is 1. The van der Waals surface area contributed by atoms with Crippen LogP contribution in [-0.2, 0) is 20.3 Å². The number of hydrogen-bond donors (Lipinski definition) is 1. The van der Waals surface area contributed by atoms with Gasteiger partial charge in [-0.05, 0) is 30.5 Å². The Bertz CT molecular complexity index is 895.